The molecular formula is C13H17N5O2. The number of hydrogen-bond acceptors (Lipinski definition) is 6. The lowest BCUT2D eigenvalue weighted by Crippen LogP contribution is -2.35. The van der Waals surface area contributed by atoms with Gasteiger partial charge in [-0.3, -0.25) is 10.1 Å². The van der Waals surface area contributed by atoms with Crippen LogP contribution in [0, 0.1) is 21.4 Å². The summed E-state index contributed by atoms with van der Waals surface area (Å²) in [6.07, 6.45) is 4.22. The minimum atomic E-state index is -0.590. The van der Waals surface area contributed by atoms with E-state index in [1.807, 2.05) is 7.05 Å². The molecule has 2 N–H and O–H groups in total. The van der Waals surface area contributed by atoms with E-state index in [0.29, 0.717) is 17.9 Å². The first-order chi connectivity index (χ1) is 9.63. The van der Waals surface area contributed by atoms with Gasteiger partial charge in [0.1, 0.15) is 11.9 Å². The van der Waals surface area contributed by atoms with E-state index in [9.17, 15) is 10.1 Å². The van der Waals surface area contributed by atoms with Crippen LogP contribution in [0.4, 0.5) is 11.5 Å². The molecule has 0 radical (unpaired) electrons. The number of anilines is 1. The predicted molar refractivity (Wildman–Crippen MR) is 74.3 cm³/mol. The average Bonchev–Trinajstić information content (AvgIpc) is 2.47. The summed E-state index contributed by atoms with van der Waals surface area (Å²) in [4.78, 5) is 14.2. The van der Waals surface area contributed by atoms with Gasteiger partial charge < -0.3 is 10.6 Å². The van der Waals surface area contributed by atoms with Crippen molar-refractivity contribution in [2.45, 2.75) is 37.8 Å². The van der Waals surface area contributed by atoms with Crippen LogP contribution in [0.3, 0.4) is 0 Å². The Morgan fingerprint density at radius 2 is 2.00 bits per heavy atom. The van der Waals surface area contributed by atoms with Crippen LogP contribution in [0.5, 0.6) is 0 Å². The minimum absolute atomic E-state index is 0.149. The number of rotatable bonds is 4. The molecule has 0 saturated heterocycles. The third-order valence-electron chi connectivity index (χ3n) is 3.66. The molecule has 20 heavy (non-hydrogen) atoms. The van der Waals surface area contributed by atoms with Gasteiger partial charge >= 0.3 is 5.69 Å². The monoisotopic (exact) mass is 275 g/mol. The fourth-order valence-electron chi connectivity index (χ4n) is 2.50. The molecule has 1 saturated carbocycles. The van der Waals surface area contributed by atoms with Gasteiger partial charge in [0.05, 0.1) is 4.92 Å². The van der Waals surface area contributed by atoms with Crippen molar-refractivity contribution in [3.63, 3.8) is 0 Å². The highest BCUT2D eigenvalue weighted by Crippen LogP contribution is 2.23. The maximum absolute atomic E-state index is 10.7. The van der Waals surface area contributed by atoms with Gasteiger partial charge in [-0.05, 0) is 38.8 Å². The zero-order chi connectivity index (χ0) is 14.5. The largest absolute Gasteiger partial charge is 0.367 e. The van der Waals surface area contributed by atoms with Gasteiger partial charge in [0, 0.05) is 18.2 Å². The zero-order valence-electron chi connectivity index (χ0n) is 11.3. The average molecular weight is 275 g/mol. The summed E-state index contributed by atoms with van der Waals surface area (Å²) in [6, 6.07) is 5.52. The second kappa shape index (κ2) is 6.30. The maximum Gasteiger partial charge on any atom is 0.305 e. The van der Waals surface area contributed by atoms with E-state index in [2.05, 4.69) is 15.6 Å². The summed E-state index contributed by atoms with van der Waals surface area (Å²) in [7, 11) is 1.97. The molecule has 0 aromatic carbocycles. The number of nitrogens with zero attached hydrogens (tertiary/aromatic N) is 3. The van der Waals surface area contributed by atoms with E-state index < -0.39 is 4.92 Å². The van der Waals surface area contributed by atoms with Gasteiger partial charge in [-0.2, -0.15) is 5.26 Å². The molecule has 1 fully saturated rings. The van der Waals surface area contributed by atoms with Gasteiger partial charge in [-0.25, -0.2) is 4.98 Å². The van der Waals surface area contributed by atoms with Crippen molar-refractivity contribution in [3.8, 4) is 6.07 Å². The quantitative estimate of drug-likeness (QED) is 0.641. The van der Waals surface area contributed by atoms with Crippen molar-refractivity contribution in [1.29, 1.82) is 5.26 Å². The molecule has 0 atom stereocenters. The molecule has 106 valence electrons. The molecule has 0 bridgehead atoms. The van der Waals surface area contributed by atoms with Crippen molar-refractivity contribution in [1.82, 2.24) is 10.3 Å². The lowest BCUT2D eigenvalue weighted by Gasteiger charge is -2.29. The summed E-state index contributed by atoms with van der Waals surface area (Å²) in [6.45, 7) is 0. The minimum Gasteiger partial charge on any atom is -0.367 e. The summed E-state index contributed by atoms with van der Waals surface area (Å²) in [5, 5.41) is 26.2. The van der Waals surface area contributed by atoms with E-state index in [4.69, 9.17) is 5.26 Å². The van der Waals surface area contributed by atoms with E-state index in [1.165, 1.54) is 6.07 Å². The number of pyridine rings is 1. The van der Waals surface area contributed by atoms with E-state index in [-0.39, 0.29) is 11.4 Å². The summed E-state index contributed by atoms with van der Waals surface area (Å²) in [5.74, 6) is 0.528. The normalized spacial score (nSPS) is 22.0. The molecule has 0 amide bonds. The van der Waals surface area contributed by atoms with Crippen LogP contribution in [-0.4, -0.2) is 29.0 Å². The molecule has 2 rings (SSSR count). The first-order valence-corrected chi connectivity index (χ1v) is 6.63. The Morgan fingerprint density at radius 1 is 1.35 bits per heavy atom. The van der Waals surface area contributed by atoms with Crippen LogP contribution >= 0.6 is 0 Å². The Bertz CT molecular complexity index is 532. The Balaban J connectivity index is 2.04. The smallest absolute Gasteiger partial charge is 0.305 e. The zero-order valence-corrected chi connectivity index (χ0v) is 11.3. The molecular weight excluding hydrogens is 258 g/mol. The molecule has 1 aromatic rings. The molecule has 7 nitrogen and oxygen atoms in total. The topological polar surface area (TPSA) is 104 Å². The van der Waals surface area contributed by atoms with Gasteiger partial charge in [0.25, 0.3) is 0 Å². The fourth-order valence-corrected chi connectivity index (χ4v) is 2.50. The maximum atomic E-state index is 10.7. The Labute approximate surface area is 117 Å². The lowest BCUT2D eigenvalue weighted by atomic mass is 9.91. The number of nitrogens with one attached hydrogen (secondary N) is 2. The van der Waals surface area contributed by atoms with Crippen molar-refractivity contribution in [3.05, 3.63) is 27.9 Å². The summed E-state index contributed by atoms with van der Waals surface area (Å²) < 4.78 is 0. The fraction of sp³-hybridized carbons (Fsp3) is 0.538. The molecule has 1 aliphatic rings. The van der Waals surface area contributed by atoms with Crippen LogP contribution in [0.15, 0.2) is 12.1 Å². The van der Waals surface area contributed by atoms with E-state index in [1.54, 1.807) is 12.1 Å². The van der Waals surface area contributed by atoms with Gasteiger partial charge in [-0.1, -0.05) is 0 Å². The van der Waals surface area contributed by atoms with Crippen molar-refractivity contribution in [2.75, 3.05) is 12.4 Å². The van der Waals surface area contributed by atoms with Gasteiger partial charge in [-0.15, -0.1) is 0 Å². The standard InChI is InChI=1S/C13H17N5O2/c1-15-9-2-4-10(5-3-9)16-13-7-6-12(18(19)20)11(8-14)17-13/h6-7,9-10,15H,2-5H2,1H3,(H,16,17). The molecule has 7 heteroatoms. The number of aromatic nitrogens is 1. The van der Waals surface area contributed by atoms with Crippen molar-refractivity contribution >= 4 is 11.5 Å². The first-order valence-electron chi connectivity index (χ1n) is 6.63. The Morgan fingerprint density at radius 3 is 2.55 bits per heavy atom. The van der Waals surface area contributed by atoms with Crippen LogP contribution < -0.4 is 10.6 Å². The van der Waals surface area contributed by atoms with Crippen LogP contribution in [0.25, 0.3) is 0 Å². The lowest BCUT2D eigenvalue weighted by molar-refractivity contribution is -0.385. The van der Waals surface area contributed by atoms with Crippen LogP contribution in [0.2, 0.25) is 0 Å². The predicted octanol–water partition coefficient (Wildman–Crippen LogP) is 1.80. The third-order valence-corrected chi connectivity index (χ3v) is 3.66. The summed E-state index contributed by atoms with van der Waals surface area (Å²) >= 11 is 0. The third kappa shape index (κ3) is 3.22. The highest BCUT2D eigenvalue weighted by atomic mass is 16.6. The highest BCUT2D eigenvalue weighted by Gasteiger charge is 2.21. The number of nitro groups is 1. The van der Waals surface area contributed by atoms with Gasteiger partial charge in [0.2, 0.25) is 5.69 Å². The molecule has 0 unspecified atom stereocenters. The molecule has 1 aromatic heterocycles. The molecule has 0 aliphatic heterocycles. The van der Waals surface area contributed by atoms with Crippen molar-refractivity contribution < 1.29 is 4.92 Å². The van der Waals surface area contributed by atoms with Crippen LogP contribution in [0.1, 0.15) is 31.4 Å². The van der Waals surface area contributed by atoms with E-state index >= 15 is 0 Å². The highest BCUT2D eigenvalue weighted by molar-refractivity contribution is 5.50. The number of hydrogen-bond donors (Lipinski definition) is 2. The van der Waals surface area contributed by atoms with E-state index in [0.717, 1.165) is 25.7 Å². The first kappa shape index (κ1) is 14.2. The van der Waals surface area contributed by atoms with Gasteiger partial charge in [0.15, 0.2) is 0 Å². The Kier molecular flexibility index (Phi) is 4.48. The second-order valence-electron chi connectivity index (χ2n) is 4.91. The summed E-state index contributed by atoms with van der Waals surface area (Å²) in [5.41, 5.74) is -0.402. The van der Waals surface area contributed by atoms with Crippen molar-refractivity contribution in [2.24, 2.45) is 0 Å². The Hall–Kier alpha value is -2.20. The molecule has 1 heterocycles. The number of nitriles is 1. The molecule has 1 aliphatic carbocycles. The second-order valence-corrected chi connectivity index (χ2v) is 4.91. The molecule has 0 spiro atoms. The van der Waals surface area contributed by atoms with Crippen LogP contribution in [-0.2, 0) is 0 Å². The SMILES string of the molecule is CNC1CCC(Nc2ccc([N+](=O)[O-])c(C#N)n2)CC1.